The smallest absolute Gasteiger partial charge is 0.173 e. The van der Waals surface area contributed by atoms with E-state index < -0.39 is 0 Å². The first kappa shape index (κ1) is 16.4. The van der Waals surface area contributed by atoms with Crippen molar-refractivity contribution in [3.8, 4) is 0 Å². The minimum absolute atomic E-state index is 0.526. The molecule has 0 heterocycles. The van der Waals surface area contributed by atoms with Crippen LogP contribution in [0.1, 0.15) is 32.1 Å². The van der Waals surface area contributed by atoms with E-state index in [0.29, 0.717) is 6.04 Å². The molecule has 0 spiro atoms. The van der Waals surface area contributed by atoms with E-state index in [-0.39, 0.29) is 0 Å². The summed E-state index contributed by atoms with van der Waals surface area (Å²) in [5.74, 6) is 0. The molecule has 0 aromatic heterocycles. The van der Waals surface area contributed by atoms with E-state index in [2.05, 4.69) is 16.8 Å². The highest BCUT2D eigenvalue weighted by Crippen LogP contribution is 2.23. The van der Waals surface area contributed by atoms with E-state index in [4.69, 9.17) is 23.8 Å². The normalized spacial score (nSPS) is 15.5. The average molecular weight is 321 g/mol. The Bertz CT molecular complexity index is 515. The second-order valence-electron chi connectivity index (χ2n) is 5.63. The Labute approximate surface area is 139 Å². The molecule has 1 aliphatic carbocycles. The van der Waals surface area contributed by atoms with Gasteiger partial charge >= 0.3 is 0 Å². The van der Waals surface area contributed by atoms with Crippen LogP contribution in [-0.2, 0) is 0 Å². The number of hydrogen-bond donors (Lipinski definition) is 1. The Morgan fingerprint density at radius 1 is 1.43 bits per heavy atom. The Morgan fingerprint density at radius 2 is 2.14 bits per heavy atom. The molecule has 1 N–H and O–H groups in total. The van der Waals surface area contributed by atoms with Crippen LogP contribution in [0.15, 0.2) is 30.9 Å². The van der Waals surface area contributed by atoms with Crippen molar-refractivity contribution in [3.05, 3.63) is 35.9 Å². The van der Waals surface area contributed by atoms with Crippen molar-refractivity contribution in [1.29, 1.82) is 0 Å². The lowest BCUT2D eigenvalue weighted by Crippen LogP contribution is -2.43. The maximum absolute atomic E-state index is 6.17. The van der Waals surface area contributed by atoms with Crippen molar-refractivity contribution in [3.63, 3.8) is 0 Å². The fourth-order valence-electron chi connectivity index (χ4n) is 2.80. The van der Waals surface area contributed by atoms with Crippen LogP contribution in [0, 0.1) is 0 Å². The van der Waals surface area contributed by atoms with Gasteiger partial charge in [0.25, 0.3) is 0 Å². The number of anilines is 1. The molecule has 5 heteroatoms. The molecular formula is C16H22BClN2S. The lowest BCUT2D eigenvalue weighted by molar-refractivity contribution is 0.263. The molecule has 1 aromatic carbocycles. The molecule has 1 fully saturated rings. The molecule has 0 bridgehead atoms. The van der Waals surface area contributed by atoms with Crippen molar-refractivity contribution in [1.82, 2.24) is 4.90 Å². The number of halogens is 1. The summed E-state index contributed by atoms with van der Waals surface area (Å²) in [5.41, 5.74) is 2.02. The van der Waals surface area contributed by atoms with Crippen molar-refractivity contribution < 1.29 is 0 Å². The lowest BCUT2D eigenvalue weighted by atomic mass is 9.94. The first-order valence-electron chi connectivity index (χ1n) is 7.56. The van der Waals surface area contributed by atoms with Crippen molar-refractivity contribution >= 4 is 47.9 Å². The summed E-state index contributed by atoms with van der Waals surface area (Å²) in [7, 11) is 2.00. The fraction of sp³-hybridized carbons (Fsp3) is 0.438. The molecule has 1 saturated carbocycles. The Kier molecular flexibility index (Phi) is 6.13. The van der Waals surface area contributed by atoms with Crippen molar-refractivity contribution in [2.75, 3.05) is 11.9 Å². The van der Waals surface area contributed by atoms with Crippen LogP contribution >= 0.6 is 23.8 Å². The molecule has 2 rings (SSSR count). The molecule has 0 aliphatic heterocycles. The molecular weight excluding hydrogens is 299 g/mol. The van der Waals surface area contributed by atoms with Gasteiger partial charge in [0.2, 0.25) is 0 Å². The van der Waals surface area contributed by atoms with Crippen LogP contribution in [0.4, 0.5) is 5.69 Å². The third-order valence-electron chi connectivity index (χ3n) is 4.03. The van der Waals surface area contributed by atoms with Gasteiger partial charge < -0.3 is 10.2 Å². The molecule has 21 heavy (non-hydrogen) atoms. The molecule has 0 radical (unpaired) electrons. The zero-order valence-corrected chi connectivity index (χ0v) is 14.1. The number of rotatable bonds is 4. The van der Waals surface area contributed by atoms with E-state index in [0.717, 1.165) is 27.8 Å². The van der Waals surface area contributed by atoms with Crippen LogP contribution < -0.4 is 10.8 Å². The molecule has 0 saturated heterocycles. The Hall–Kier alpha value is -0.995. The van der Waals surface area contributed by atoms with Gasteiger partial charge in [-0.1, -0.05) is 48.5 Å². The number of nitrogens with zero attached hydrogens (tertiary/aromatic N) is 1. The summed E-state index contributed by atoms with van der Waals surface area (Å²) in [6, 6.07) is 6.47. The van der Waals surface area contributed by atoms with Crippen molar-refractivity contribution in [2.24, 2.45) is 0 Å². The quantitative estimate of drug-likeness (QED) is 0.521. The van der Waals surface area contributed by atoms with Crippen LogP contribution in [0.5, 0.6) is 0 Å². The molecule has 1 aromatic rings. The minimum Gasteiger partial charge on any atom is -0.342 e. The summed E-state index contributed by atoms with van der Waals surface area (Å²) in [4.78, 5) is 2.26. The van der Waals surface area contributed by atoms with E-state index in [1.807, 2.05) is 32.1 Å². The van der Waals surface area contributed by atoms with Gasteiger partial charge in [0.1, 0.15) is 7.85 Å². The fourth-order valence-corrected chi connectivity index (χ4v) is 3.32. The standard InChI is InChI=1S/C16H22BClN2S/c1-2-10-20(13-6-4-3-5-7-13)16(21)19-12-8-9-14(17)15(18)11-12/h2,8-9,11,13H,1,3-7,10,17H2,(H,19,21). The van der Waals surface area contributed by atoms with Crippen LogP contribution in [0.3, 0.4) is 0 Å². The Morgan fingerprint density at radius 3 is 2.76 bits per heavy atom. The Balaban J connectivity index is 2.06. The van der Waals surface area contributed by atoms with Gasteiger partial charge in [-0.2, -0.15) is 0 Å². The van der Waals surface area contributed by atoms with Crippen molar-refractivity contribution in [2.45, 2.75) is 38.1 Å². The van der Waals surface area contributed by atoms with Gasteiger partial charge in [-0.25, -0.2) is 0 Å². The van der Waals surface area contributed by atoms with Gasteiger partial charge in [0, 0.05) is 23.3 Å². The predicted octanol–water partition coefficient (Wildman–Crippen LogP) is 3.12. The maximum atomic E-state index is 6.17. The average Bonchev–Trinajstić information content (AvgIpc) is 2.49. The minimum atomic E-state index is 0.526. The summed E-state index contributed by atoms with van der Waals surface area (Å²) in [6.45, 7) is 4.65. The van der Waals surface area contributed by atoms with E-state index in [1.165, 1.54) is 32.1 Å². The summed E-state index contributed by atoms with van der Waals surface area (Å²) >= 11 is 11.8. The molecule has 0 atom stereocenters. The van der Waals surface area contributed by atoms with Gasteiger partial charge in [0.05, 0.1) is 0 Å². The van der Waals surface area contributed by atoms with Gasteiger partial charge in [-0.15, -0.1) is 6.58 Å². The van der Waals surface area contributed by atoms with Crippen LogP contribution in [0.25, 0.3) is 0 Å². The zero-order chi connectivity index (χ0) is 15.2. The zero-order valence-electron chi connectivity index (χ0n) is 12.6. The molecule has 2 nitrogen and oxygen atoms in total. The number of thiocarbonyl (C=S) groups is 1. The second kappa shape index (κ2) is 7.86. The molecule has 1 aliphatic rings. The van der Waals surface area contributed by atoms with Crippen LogP contribution in [0.2, 0.25) is 5.02 Å². The van der Waals surface area contributed by atoms with E-state index in [9.17, 15) is 0 Å². The van der Waals surface area contributed by atoms with E-state index in [1.54, 1.807) is 0 Å². The van der Waals surface area contributed by atoms with Gasteiger partial charge in [0.15, 0.2) is 5.11 Å². The molecule has 112 valence electrons. The highest BCUT2D eigenvalue weighted by atomic mass is 35.5. The molecule has 0 unspecified atom stereocenters. The number of nitrogens with one attached hydrogen (secondary N) is 1. The third-order valence-corrected chi connectivity index (χ3v) is 4.77. The second-order valence-corrected chi connectivity index (χ2v) is 6.42. The lowest BCUT2D eigenvalue weighted by Gasteiger charge is -2.35. The highest BCUT2D eigenvalue weighted by molar-refractivity contribution is 7.80. The maximum Gasteiger partial charge on any atom is 0.173 e. The van der Waals surface area contributed by atoms with Gasteiger partial charge in [-0.05, 0) is 37.2 Å². The molecule has 0 amide bonds. The number of benzene rings is 1. The van der Waals surface area contributed by atoms with Crippen LogP contribution in [-0.4, -0.2) is 30.4 Å². The SMILES string of the molecule is Bc1ccc(NC(=S)N(CC=C)C2CCCCC2)cc1Cl. The largest absolute Gasteiger partial charge is 0.342 e. The third kappa shape index (κ3) is 4.48. The first-order valence-corrected chi connectivity index (χ1v) is 8.35. The van der Waals surface area contributed by atoms with Gasteiger partial charge in [-0.3, -0.25) is 0 Å². The first-order chi connectivity index (χ1) is 10.1. The number of hydrogen-bond acceptors (Lipinski definition) is 1. The summed E-state index contributed by atoms with van der Waals surface area (Å²) < 4.78 is 0. The monoisotopic (exact) mass is 320 g/mol. The summed E-state index contributed by atoms with van der Waals surface area (Å²) in [6.07, 6.45) is 8.26. The highest BCUT2D eigenvalue weighted by Gasteiger charge is 2.22. The summed E-state index contributed by atoms with van der Waals surface area (Å²) in [5, 5.41) is 4.84. The predicted molar refractivity (Wildman–Crippen MR) is 99.6 cm³/mol. The topological polar surface area (TPSA) is 15.3 Å². The van der Waals surface area contributed by atoms with E-state index >= 15 is 0 Å².